The summed E-state index contributed by atoms with van der Waals surface area (Å²) in [6, 6.07) is 5.46. The van der Waals surface area contributed by atoms with Gasteiger partial charge in [-0.05, 0) is 18.6 Å². The van der Waals surface area contributed by atoms with Crippen molar-refractivity contribution in [3.63, 3.8) is 0 Å². The largest absolute Gasteiger partial charge is 0.461 e. The van der Waals surface area contributed by atoms with Gasteiger partial charge < -0.3 is 19.2 Å². The number of amides is 1. The first-order chi connectivity index (χ1) is 9.69. The zero-order valence-electron chi connectivity index (χ0n) is 11.8. The molecule has 2 rings (SSSR count). The van der Waals surface area contributed by atoms with E-state index in [0.29, 0.717) is 24.6 Å². The maximum Gasteiger partial charge on any atom is 0.275 e. The van der Waals surface area contributed by atoms with Crippen molar-refractivity contribution in [3.05, 3.63) is 30.2 Å². The number of hydrogen-bond donors (Lipinski definition) is 2. The number of likely N-dealkylation sites (N-methyl/N-ethyl adjacent to an activating group) is 1. The van der Waals surface area contributed by atoms with Crippen molar-refractivity contribution in [1.82, 2.24) is 10.5 Å². The molecule has 0 saturated heterocycles. The van der Waals surface area contributed by atoms with Crippen LogP contribution in [0.5, 0.6) is 0 Å². The quantitative estimate of drug-likeness (QED) is 0.772. The van der Waals surface area contributed by atoms with Gasteiger partial charge in [0.1, 0.15) is 12.2 Å². The summed E-state index contributed by atoms with van der Waals surface area (Å²) >= 11 is 0. The highest BCUT2D eigenvalue weighted by Gasteiger charge is 2.14. The van der Waals surface area contributed by atoms with Crippen LogP contribution in [0, 0.1) is 0 Å². The molecule has 2 aromatic heterocycles. The lowest BCUT2D eigenvalue weighted by atomic mass is 10.3. The van der Waals surface area contributed by atoms with E-state index in [1.807, 2.05) is 26.1 Å². The lowest BCUT2D eigenvalue weighted by Gasteiger charge is -2.11. The zero-order chi connectivity index (χ0) is 14.4. The first-order valence-electron chi connectivity index (χ1n) is 6.76. The predicted molar refractivity (Wildman–Crippen MR) is 73.0 cm³/mol. The van der Waals surface area contributed by atoms with Crippen LogP contribution in [0.4, 0.5) is 0 Å². The van der Waals surface area contributed by atoms with Crippen molar-refractivity contribution in [2.75, 3.05) is 20.1 Å². The highest BCUT2D eigenvalue weighted by atomic mass is 16.5. The Balaban J connectivity index is 1.85. The summed E-state index contributed by atoms with van der Waals surface area (Å²) in [5.41, 5.74) is 0.803. The van der Waals surface area contributed by atoms with Crippen LogP contribution in [0.2, 0.25) is 0 Å². The molecule has 0 aromatic carbocycles. The zero-order valence-corrected chi connectivity index (χ0v) is 11.8. The SMILES string of the molecule is CCCNC(=O)C[NH+](C)Cc1cc(-c2ccco2)on1. The van der Waals surface area contributed by atoms with Gasteiger partial charge in [-0.15, -0.1) is 0 Å². The average molecular weight is 278 g/mol. The molecular formula is C14H20N3O3+. The number of hydrogen-bond acceptors (Lipinski definition) is 4. The van der Waals surface area contributed by atoms with Crippen molar-refractivity contribution in [2.45, 2.75) is 19.9 Å². The molecule has 1 amide bonds. The van der Waals surface area contributed by atoms with E-state index in [0.717, 1.165) is 23.6 Å². The molecule has 0 radical (unpaired) electrons. The van der Waals surface area contributed by atoms with Crippen molar-refractivity contribution in [2.24, 2.45) is 0 Å². The van der Waals surface area contributed by atoms with Gasteiger partial charge >= 0.3 is 0 Å². The van der Waals surface area contributed by atoms with E-state index in [-0.39, 0.29) is 5.91 Å². The van der Waals surface area contributed by atoms with E-state index < -0.39 is 0 Å². The first kappa shape index (κ1) is 14.3. The molecule has 0 fully saturated rings. The van der Waals surface area contributed by atoms with Gasteiger partial charge in [0.05, 0.1) is 13.3 Å². The molecule has 0 spiro atoms. The number of carbonyl (C=O) groups excluding carboxylic acids is 1. The monoisotopic (exact) mass is 278 g/mol. The third-order valence-corrected chi connectivity index (χ3v) is 2.84. The van der Waals surface area contributed by atoms with E-state index in [4.69, 9.17) is 8.94 Å². The third-order valence-electron chi connectivity index (χ3n) is 2.84. The summed E-state index contributed by atoms with van der Waals surface area (Å²) in [5.74, 6) is 1.31. The summed E-state index contributed by atoms with van der Waals surface area (Å²) in [7, 11) is 1.95. The molecule has 2 heterocycles. The van der Waals surface area contributed by atoms with Crippen molar-refractivity contribution in [3.8, 4) is 11.5 Å². The van der Waals surface area contributed by atoms with Gasteiger partial charge in [-0.25, -0.2) is 0 Å². The van der Waals surface area contributed by atoms with Gasteiger partial charge in [0.25, 0.3) is 5.91 Å². The second-order valence-corrected chi connectivity index (χ2v) is 4.82. The van der Waals surface area contributed by atoms with Crippen molar-refractivity contribution >= 4 is 5.91 Å². The van der Waals surface area contributed by atoms with Crippen LogP contribution in [0.25, 0.3) is 11.5 Å². The molecule has 0 aliphatic rings. The molecule has 1 unspecified atom stereocenters. The molecule has 20 heavy (non-hydrogen) atoms. The van der Waals surface area contributed by atoms with E-state index in [9.17, 15) is 4.79 Å². The van der Waals surface area contributed by atoms with Crippen LogP contribution in [0.15, 0.2) is 33.4 Å². The Labute approximate surface area is 117 Å². The lowest BCUT2D eigenvalue weighted by Crippen LogP contribution is -3.09. The van der Waals surface area contributed by atoms with Crippen LogP contribution in [-0.4, -0.2) is 31.2 Å². The molecule has 0 bridgehead atoms. The topological polar surface area (TPSA) is 72.7 Å². The van der Waals surface area contributed by atoms with E-state index >= 15 is 0 Å². The Kier molecular flexibility index (Phi) is 4.95. The Hall–Kier alpha value is -2.08. The molecule has 2 N–H and O–H groups in total. The smallest absolute Gasteiger partial charge is 0.275 e. The van der Waals surface area contributed by atoms with Crippen LogP contribution in [0.3, 0.4) is 0 Å². The Morgan fingerprint density at radius 3 is 3.00 bits per heavy atom. The number of aromatic nitrogens is 1. The number of quaternary nitrogens is 1. The molecule has 1 atom stereocenters. The fourth-order valence-electron chi connectivity index (χ4n) is 1.90. The Morgan fingerprint density at radius 2 is 2.30 bits per heavy atom. The maximum absolute atomic E-state index is 11.6. The summed E-state index contributed by atoms with van der Waals surface area (Å²) in [5, 5.41) is 6.85. The molecule has 0 saturated carbocycles. The summed E-state index contributed by atoms with van der Waals surface area (Å²) in [6.45, 7) is 3.80. The van der Waals surface area contributed by atoms with Gasteiger partial charge in [-0.2, -0.15) is 0 Å². The molecule has 108 valence electrons. The molecule has 0 aliphatic heterocycles. The number of nitrogens with one attached hydrogen (secondary N) is 2. The summed E-state index contributed by atoms with van der Waals surface area (Å²) in [6.07, 6.45) is 2.54. The standard InChI is InChI=1S/C14H19N3O3/c1-3-6-15-14(18)10-17(2)9-11-8-13(20-16-11)12-5-4-7-19-12/h4-5,7-8H,3,6,9-10H2,1-2H3,(H,15,18)/p+1. The predicted octanol–water partition coefficient (Wildman–Crippen LogP) is 0.476. The van der Waals surface area contributed by atoms with Gasteiger partial charge in [0, 0.05) is 12.6 Å². The van der Waals surface area contributed by atoms with Gasteiger partial charge in [0.2, 0.25) is 5.76 Å². The van der Waals surface area contributed by atoms with Crippen LogP contribution < -0.4 is 10.2 Å². The fourth-order valence-corrected chi connectivity index (χ4v) is 1.90. The minimum atomic E-state index is 0.0547. The number of rotatable bonds is 7. The average Bonchev–Trinajstić information content (AvgIpc) is 3.06. The fraction of sp³-hybridized carbons (Fsp3) is 0.429. The minimum absolute atomic E-state index is 0.0547. The molecule has 2 aromatic rings. The van der Waals surface area contributed by atoms with Gasteiger partial charge in [-0.3, -0.25) is 4.79 Å². The van der Waals surface area contributed by atoms with Crippen LogP contribution in [0.1, 0.15) is 19.0 Å². The highest BCUT2D eigenvalue weighted by Crippen LogP contribution is 2.19. The normalized spacial score (nSPS) is 12.3. The summed E-state index contributed by atoms with van der Waals surface area (Å²) in [4.78, 5) is 12.7. The van der Waals surface area contributed by atoms with Crippen molar-refractivity contribution in [1.29, 1.82) is 0 Å². The Bertz CT molecular complexity index is 534. The number of nitrogens with zero attached hydrogens (tertiary/aromatic N) is 1. The van der Waals surface area contributed by atoms with Crippen molar-refractivity contribution < 1.29 is 18.6 Å². The van der Waals surface area contributed by atoms with Crippen LogP contribution in [-0.2, 0) is 11.3 Å². The molecule has 6 nitrogen and oxygen atoms in total. The lowest BCUT2D eigenvalue weighted by molar-refractivity contribution is -0.885. The summed E-state index contributed by atoms with van der Waals surface area (Å²) < 4.78 is 10.5. The Morgan fingerprint density at radius 1 is 1.45 bits per heavy atom. The van der Waals surface area contributed by atoms with Crippen LogP contribution >= 0.6 is 0 Å². The minimum Gasteiger partial charge on any atom is -0.461 e. The van der Waals surface area contributed by atoms with E-state index in [2.05, 4.69) is 10.5 Å². The molecule has 6 heteroatoms. The molecular weight excluding hydrogens is 258 g/mol. The van der Waals surface area contributed by atoms with E-state index in [1.54, 1.807) is 12.3 Å². The first-order valence-corrected chi connectivity index (χ1v) is 6.76. The van der Waals surface area contributed by atoms with Gasteiger partial charge in [0.15, 0.2) is 12.3 Å². The number of furan rings is 1. The number of carbonyl (C=O) groups is 1. The third kappa shape index (κ3) is 3.96. The second kappa shape index (κ2) is 6.91. The van der Waals surface area contributed by atoms with E-state index in [1.165, 1.54) is 0 Å². The maximum atomic E-state index is 11.6. The second-order valence-electron chi connectivity index (χ2n) is 4.82. The highest BCUT2D eigenvalue weighted by molar-refractivity contribution is 5.76. The van der Waals surface area contributed by atoms with Gasteiger partial charge in [-0.1, -0.05) is 12.1 Å². The molecule has 0 aliphatic carbocycles.